The smallest absolute Gasteiger partial charge is 0.293 e. The van der Waals surface area contributed by atoms with Gasteiger partial charge < -0.3 is 10.2 Å². The van der Waals surface area contributed by atoms with Crippen LogP contribution in [0.2, 0.25) is 0 Å². The van der Waals surface area contributed by atoms with Crippen molar-refractivity contribution in [3.8, 4) is 0 Å². The van der Waals surface area contributed by atoms with Crippen molar-refractivity contribution < 1.29 is 9.72 Å². The Morgan fingerprint density at radius 1 is 1.22 bits per heavy atom. The minimum Gasteiger partial charge on any atom is -0.366 e. The summed E-state index contributed by atoms with van der Waals surface area (Å²) < 4.78 is 0. The molecule has 1 N–H and O–H groups in total. The molecule has 0 aromatic heterocycles. The van der Waals surface area contributed by atoms with Gasteiger partial charge in [0.05, 0.1) is 4.92 Å². The average molecular weight is 385 g/mol. The van der Waals surface area contributed by atoms with Crippen molar-refractivity contribution in [3.05, 3.63) is 63.7 Å². The van der Waals surface area contributed by atoms with Crippen LogP contribution < -0.4 is 10.2 Å². The van der Waals surface area contributed by atoms with Crippen LogP contribution in [0, 0.1) is 10.1 Å². The maximum atomic E-state index is 12.6. The number of benzene rings is 2. The molecule has 1 unspecified atom stereocenters. The summed E-state index contributed by atoms with van der Waals surface area (Å²) in [4.78, 5) is 25.7. The second-order valence-electron chi connectivity index (χ2n) is 6.61. The first-order valence-electron chi connectivity index (χ1n) is 8.97. The number of rotatable bonds is 6. The van der Waals surface area contributed by atoms with Crippen molar-refractivity contribution >= 4 is 34.7 Å². The molecule has 0 bridgehead atoms. The molecule has 7 heteroatoms. The van der Waals surface area contributed by atoms with E-state index in [1.54, 1.807) is 23.9 Å². The fourth-order valence-electron chi connectivity index (χ4n) is 3.24. The van der Waals surface area contributed by atoms with Gasteiger partial charge in [-0.25, -0.2) is 0 Å². The Kier molecular flexibility index (Phi) is 6.01. The number of hydrogen-bond acceptors (Lipinski definition) is 5. The summed E-state index contributed by atoms with van der Waals surface area (Å²) in [6.45, 7) is 3.73. The minimum absolute atomic E-state index is 0.0192. The first-order valence-corrected chi connectivity index (χ1v) is 10.3. The molecule has 2 aromatic carbocycles. The molecule has 0 saturated carbocycles. The van der Waals surface area contributed by atoms with Crippen molar-refractivity contribution in [1.29, 1.82) is 0 Å². The van der Waals surface area contributed by atoms with Crippen LogP contribution in [0.15, 0.2) is 42.5 Å². The maximum Gasteiger partial charge on any atom is 0.293 e. The molecule has 2 aromatic rings. The number of hydrogen-bond donors (Lipinski definition) is 1. The summed E-state index contributed by atoms with van der Waals surface area (Å²) in [7, 11) is 0. The molecule has 3 rings (SSSR count). The van der Waals surface area contributed by atoms with E-state index in [1.165, 1.54) is 6.07 Å². The summed E-state index contributed by atoms with van der Waals surface area (Å²) in [5.41, 5.74) is 2.66. The summed E-state index contributed by atoms with van der Waals surface area (Å²) in [6, 6.07) is 12.4. The van der Waals surface area contributed by atoms with Gasteiger partial charge in [-0.2, -0.15) is 11.8 Å². The summed E-state index contributed by atoms with van der Waals surface area (Å²) in [6.07, 6.45) is 4.10. The lowest BCUT2D eigenvalue weighted by Crippen LogP contribution is -2.19. The normalized spacial score (nSPS) is 14.8. The third-order valence-electron chi connectivity index (χ3n) is 4.85. The van der Waals surface area contributed by atoms with Gasteiger partial charge in [0.15, 0.2) is 0 Å². The number of thioether (sulfide) groups is 1. The van der Waals surface area contributed by atoms with Gasteiger partial charge in [0.1, 0.15) is 5.69 Å². The number of anilines is 2. The van der Waals surface area contributed by atoms with Crippen molar-refractivity contribution in [3.63, 3.8) is 0 Å². The SMILES string of the molecule is CSC(C)c1cccc(NC(=O)c2ccc(N3CCCC3)c([N+](=O)[O-])c2)c1. The van der Waals surface area contributed by atoms with Crippen LogP contribution >= 0.6 is 11.8 Å². The number of carbonyl (C=O) groups is 1. The second kappa shape index (κ2) is 8.43. The van der Waals surface area contributed by atoms with Crippen LogP contribution in [0.1, 0.15) is 40.9 Å². The molecule has 0 aliphatic carbocycles. The summed E-state index contributed by atoms with van der Waals surface area (Å²) >= 11 is 1.73. The van der Waals surface area contributed by atoms with E-state index in [4.69, 9.17) is 0 Å². The highest BCUT2D eigenvalue weighted by Gasteiger charge is 2.24. The number of amides is 1. The summed E-state index contributed by atoms with van der Waals surface area (Å²) in [5, 5.41) is 14.7. The highest BCUT2D eigenvalue weighted by Crippen LogP contribution is 2.32. The third-order valence-corrected chi connectivity index (χ3v) is 5.83. The van der Waals surface area contributed by atoms with Gasteiger partial charge in [-0.1, -0.05) is 12.1 Å². The van der Waals surface area contributed by atoms with Crippen LogP contribution in [0.4, 0.5) is 17.1 Å². The molecule has 1 aliphatic rings. The van der Waals surface area contributed by atoms with E-state index in [-0.39, 0.29) is 17.2 Å². The topological polar surface area (TPSA) is 75.5 Å². The fraction of sp³-hybridized carbons (Fsp3) is 0.350. The van der Waals surface area contributed by atoms with Crippen LogP contribution in [0.5, 0.6) is 0 Å². The highest BCUT2D eigenvalue weighted by atomic mass is 32.2. The monoisotopic (exact) mass is 385 g/mol. The lowest BCUT2D eigenvalue weighted by atomic mass is 10.1. The number of nitrogens with one attached hydrogen (secondary N) is 1. The van der Waals surface area contributed by atoms with Crippen LogP contribution in [-0.4, -0.2) is 30.2 Å². The maximum absolute atomic E-state index is 12.6. The number of nitro groups is 1. The Labute approximate surface area is 163 Å². The molecule has 0 spiro atoms. The van der Waals surface area contributed by atoms with E-state index in [1.807, 2.05) is 35.4 Å². The zero-order chi connectivity index (χ0) is 19.4. The van der Waals surface area contributed by atoms with Gasteiger partial charge in [-0.05, 0) is 55.9 Å². The van der Waals surface area contributed by atoms with Crippen LogP contribution in [0.3, 0.4) is 0 Å². The predicted octanol–water partition coefficient (Wildman–Crippen LogP) is 4.87. The van der Waals surface area contributed by atoms with Gasteiger partial charge in [0.2, 0.25) is 0 Å². The Bertz CT molecular complexity index is 850. The summed E-state index contributed by atoms with van der Waals surface area (Å²) in [5.74, 6) is -0.347. The first kappa shape index (κ1) is 19.2. The standard InChI is InChI=1S/C20H23N3O3S/c1-14(27-2)15-6-5-7-17(12-15)21-20(24)16-8-9-18(19(13-16)23(25)26)22-10-3-4-11-22/h5-9,12-14H,3-4,10-11H2,1-2H3,(H,21,24). The van der Waals surface area contributed by atoms with Gasteiger partial charge >= 0.3 is 0 Å². The minimum atomic E-state index is -0.412. The second-order valence-corrected chi connectivity index (χ2v) is 7.79. The van der Waals surface area contributed by atoms with Crippen molar-refractivity contribution in [2.45, 2.75) is 25.0 Å². The number of carbonyl (C=O) groups excluding carboxylic acids is 1. The molecule has 1 saturated heterocycles. The molecule has 1 fully saturated rings. The largest absolute Gasteiger partial charge is 0.366 e. The molecule has 1 amide bonds. The predicted molar refractivity (Wildman–Crippen MR) is 111 cm³/mol. The van der Waals surface area contributed by atoms with E-state index in [0.29, 0.717) is 16.6 Å². The molecular weight excluding hydrogens is 362 g/mol. The molecule has 1 aliphatic heterocycles. The molecule has 27 heavy (non-hydrogen) atoms. The highest BCUT2D eigenvalue weighted by molar-refractivity contribution is 7.98. The Morgan fingerprint density at radius 3 is 2.63 bits per heavy atom. The van der Waals surface area contributed by atoms with Gasteiger partial charge in [-0.15, -0.1) is 0 Å². The Morgan fingerprint density at radius 2 is 1.96 bits per heavy atom. The molecule has 1 heterocycles. The quantitative estimate of drug-likeness (QED) is 0.567. The Balaban J connectivity index is 1.82. The lowest BCUT2D eigenvalue weighted by molar-refractivity contribution is -0.384. The van der Waals surface area contributed by atoms with Gasteiger partial charge in [-0.3, -0.25) is 14.9 Å². The van der Waals surface area contributed by atoms with Crippen LogP contribution in [0.25, 0.3) is 0 Å². The third kappa shape index (κ3) is 4.42. The zero-order valence-electron chi connectivity index (χ0n) is 15.5. The van der Waals surface area contributed by atoms with Gasteiger partial charge in [0, 0.05) is 35.7 Å². The van der Waals surface area contributed by atoms with Crippen molar-refractivity contribution in [2.24, 2.45) is 0 Å². The van der Waals surface area contributed by atoms with Crippen LogP contribution in [-0.2, 0) is 0 Å². The Hall–Kier alpha value is -2.54. The average Bonchev–Trinajstić information content (AvgIpc) is 3.21. The van der Waals surface area contributed by atoms with Gasteiger partial charge in [0.25, 0.3) is 11.6 Å². The molecular formula is C20H23N3O3S. The van der Waals surface area contributed by atoms with E-state index in [0.717, 1.165) is 31.5 Å². The molecule has 142 valence electrons. The molecule has 0 radical (unpaired) electrons. The van der Waals surface area contributed by atoms with E-state index >= 15 is 0 Å². The zero-order valence-corrected chi connectivity index (χ0v) is 16.3. The molecule has 6 nitrogen and oxygen atoms in total. The van der Waals surface area contributed by atoms with E-state index in [9.17, 15) is 14.9 Å². The van der Waals surface area contributed by atoms with Crippen molar-refractivity contribution in [1.82, 2.24) is 0 Å². The first-order chi connectivity index (χ1) is 13.0. The fourth-order valence-corrected chi connectivity index (χ4v) is 3.66. The molecule has 1 atom stereocenters. The van der Waals surface area contributed by atoms with Crippen molar-refractivity contribution in [2.75, 3.05) is 29.6 Å². The van der Waals surface area contributed by atoms with E-state index < -0.39 is 4.92 Å². The lowest BCUT2D eigenvalue weighted by Gasteiger charge is -2.18. The number of nitrogens with zero attached hydrogens (tertiary/aromatic N) is 2. The van der Waals surface area contributed by atoms with E-state index in [2.05, 4.69) is 12.2 Å². The number of nitro benzene ring substituents is 1.